The Morgan fingerprint density at radius 2 is 2.00 bits per heavy atom. The van der Waals surface area contributed by atoms with Crippen LogP contribution in [0, 0.1) is 19.8 Å². The van der Waals surface area contributed by atoms with Gasteiger partial charge in [0.15, 0.2) is 5.78 Å². The van der Waals surface area contributed by atoms with E-state index in [2.05, 4.69) is 0 Å². The number of ether oxygens (including phenoxy) is 1. The van der Waals surface area contributed by atoms with Crippen LogP contribution in [0.5, 0.6) is 5.75 Å². The van der Waals surface area contributed by atoms with Gasteiger partial charge < -0.3 is 10.5 Å². The topological polar surface area (TPSA) is 52.3 Å². The van der Waals surface area contributed by atoms with Crippen LogP contribution < -0.4 is 10.5 Å². The van der Waals surface area contributed by atoms with Gasteiger partial charge in [0, 0.05) is 11.5 Å². The molecule has 0 heterocycles. The zero-order chi connectivity index (χ0) is 13.7. The molecule has 0 spiro atoms. The molecule has 0 aliphatic heterocycles. The minimum absolute atomic E-state index is 0.0278. The van der Waals surface area contributed by atoms with Crippen molar-refractivity contribution in [1.29, 1.82) is 0 Å². The second-order valence-corrected chi connectivity index (χ2v) is 4.83. The van der Waals surface area contributed by atoms with Gasteiger partial charge in [-0.3, -0.25) is 4.79 Å². The summed E-state index contributed by atoms with van der Waals surface area (Å²) in [5.74, 6) is 1.06. The van der Waals surface area contributed by atoms with E-state index in [9.17, 15) is 4.79 Å². The number of nitrogens with two attached hydrogens (primary N) is 1. The molecule has 1 atom stereocenters. The summed E-state index contributed by atoms with van der Waals surface area (Å²) in [5.41, 5.74) is 8.26. The maximum Gasteiger partial charge on any atom is 0.165 e. The Kier molecular flexibility index (Phi) is 5.35. The lowest BCUT2D eigenvalue weighted by molar-refractivity contribution is 0.0922. The van der Waals surface area contributed by atoms with Crippen LogP contribution in [-0.4, -0.2) is 19.4 Å². The zero-order valence-electron chi connectivity index (χ0n) is 11.7. The second-order valence-electron chi connectivity index (χ2n) is 4.83. The van der Waals surface area contributed by atoms with Crippen molar-refractivity contribution >= 4 is 5.78 Å². The highest BCUT2D eigenvalue weighted by Crippen LogP contribution is 2.25. The first kappa shape index (κ1) is 14.7. The Morgan fingerprint density at radius 3 is 2.56 bits per heavy atom. The van der Waals surface area contributed by atoms with Gasteiger partial charge in [0.1, 0.15) is 5.75 Å². The summed E-state index contributed by atoms with van der Waals surface area (Å²) < 4.78 is 5.26. The number of ketones is 1. The molecule has 0 saturated carbocycles. The van der Waals surface area contributed by atoms with Gasteiger partial charge in [0.05, 0.1) is 7.11 Å². The minimum Gasteiger partial charge on any atom is -0.496 e. The summed E-state index contributed by atoms with van der Waals surface area (Å²) in [6, 6.07) is 3.85. The largest absolute Gasteiger partial charge is 0.496 e. The van der Waals surface area contributed by atoms with Gasteiger partial charge in [-0.05, 0) is 56.5 Å². The van der Waals surface area contributed by atoms with Crippen LogP contribution in [0.2, 0.25) is 0 Å². The van der Waals surface area contributed by atoms with Gasteiger partial charge in [0.2, 0.25) is 0 Å². The van der Waals surface area contributed by atoms with Gasteiger partial charge in [-0.2, -0.15) is 0 Å². The number of hydrogen-bond donors (Lipinski definition) is 1. The summed E-state index contributed by atoms with van der Waals surface area (Å²) in [4.78, 5) is 12.3. The maximum absolute atomic E-state index is 12.3. The molecule has 0 fully saturated rings. The van der Waals surface area contributed by atoms with Crippen molar-refractivity contribution in [2.75, 3.05) is 13.7 Å². The average molecular weight is 249 g/mol. The molecule has 1 aromatic carbocycles. The van der Waals surface area contributed by atoms with Crippen LogP contribution >= 0.6 is 0 Å². The lowest BCUT2D eigenvalue weighted by Gasteiger charge is -2.14. The smallest absolute Gasteiger partial charge is 0.165 e. The molecule has 0 aliphatic rings. The second kappa shape index (κ2) is 6.55. The van der Waals surface area contributed by atoms with Crippen LogP contribution in [0.15, 0.2) is 12.1 Å². The van der Waals surface area contributed by atoms with Crippen LogP contribution in [0.25, 0.3) is 0 Å². The SMILES string of the molecule is COc1cc(C)c(C(=O)C(C)CCCN)cc1C. The molecule has 0 bridgehead atoms. The number of benzene rings is 1. The fourth-order valence-electron chi connectivity index (χ4n) is 2.10. The molecule has 2 N–H and O–H groups in total. The Hall–Kier alpha value is -1.35. The fourth-order valence-corrected chi connectivity index (χ4v) is 2.10. The summed E-state index contributed by atoms with van der Waals surface area (Å²) >= 11 is 0. The summed E-state index contributed by atoms with van der Waals surface area (Å²) in [7, 11) is 1.65. The standard InChI is InChI=1S/C15H23NO2/c1-10(6-5-7-16)15(17)13-8-12(3)14(18-4)9-11(13)2/h8-10H,5-7,16H2,1-4H3. The summed E-state index contributed by atoms with van der Waals surface area (Å²) in [6.45, 7) is 6.51. The Morgan fingerprint density at radius 1 is 1.33 bits per heavy atom. The average Bonchev–Trinajstić information content (AvgIpc) is 2.37. The number of methoxy groups -OCH3 is 1. The number of hydrogen-bond acceptors (Lipinski definition) is 3. The van der Waals surface area contributed by atoms with Crippen molar-refractivity contribution in [3.63, 3.8) is 0 Å². The van der Waals surface area contributed by atoms with E-state index in [1.165, 1.54) is 0 Å². The van der Waals surface area contributed by atoms with Crippen molar-refractivity contribution in [1.82, 2.24) is 0 Å². The highest BCUT2D eigenvalue weighted by atomic mass is 16.5. The first-order valence-corrected chi connectivity index (χ1v) is 6.40. The third-order valence-electron chi connectivity index (χ3n) is 3.30. The number of carbonyl (C=O) groups excluding carboxylic acids is 1. The number of rotatable bonds is 6. The molecule has 0 aliphatic carbocycles. The molecular weight excluding hydrogens is 226 g/mol. The van der Waals surface area contributed by atoms with Crippen LogP contribution in [0.1, 0.15) is 41.3 Å². The summed E-state index contributed by atoms with van der Waals surface area (Å²) in [5, 5.41) is 0. The maximum atomic E-state index is 12.3. The number of Topliss-reactive ketones (excluding diaryl/α,β-unsaturated/α-hetero) is 1. The van der Waals surface area contributed by atoms with Gasteiger partial charge in [-0.15, -0.1) is 0 Å². The molecule has 0 aromatic heterocycles. The lowest BCUT2D eigenvalue weighted by atomic mass is 9.91. The highest BCUT2D eigenvalue weighted by Gasteiger charge is 2.18. The molecule has 0 amide bonds. The van der Waals surface area contributed by atoms with Crippen molar-refractivity contribution in [2.24, 2.45) is 11.7 Å². The van der Waals surface area contributed by atoms with E-state index in [1.54, 1.807) is 7.11 Å². The van der Waals surface area contributed by atoms with E-state index in [4.69, 9.17) is 10.5 Å². The van der Waals surface area contributed by atoms with Crippen molar-refractivity contribution in [2.45, 2.75) is 33.6 Å². The Balaban J connectivity index is 2.95. The van der Waals surface area contributed by atoms with Crippen LogP contribution in [0.3, 0.4) is 0 Å². The lowest BCUT2D eigenvalue weighted by Crippen LogP contribution is -2.14. The highest BCUT2D eigenvalue weighted by molar-refractivity contribution is 5.99. The predicted octanol–water partition coefficient (Wildman–Crippen LogP) is 2.87. The van der Waals surface area contributed by atoms with Gasteiger partial charge in [-0.25, -0.2) is 0 Å². The van der Waals surface area contributed by atoms with Gasteiger partial charge in [0.25, 0.3) is 0 Å². The molecular formula is C15H23NO2. The van der Waals surface area contributed by atoms with Crippen molar-refractivity contribution < 1.29 is 9.53 Å². The molecule has 3 heteroatoms. The molecule has 0 saturated heterocycles. The van der Waals surface area contributed by atoms with Crippen LogP contribution in [0.4, 0.5) is 0 Å². The van der Waals surface area contributed by atoms with Crippen molar-refractivity contribution in [3.8, 4) is 5.75 Å². The molecule has 1 unspecified atom stereocenters. The number of carbonyl (C=O) groups is 1. The monoisotopic (exact) mass is 249 g/mol. The quantitative estimate of drug-likeness (QED) is 0.789. The third-order valence-corrected chi connectivity index (χ3v) is 3.30. The zero-order valence-corrected chi connectivity index (χ0v) is 11.7. The third kappa shape index (κ3) is 3.33. The van der Waals surface area contributed by atoms with E-state index >= 15 is 0 Å². The molecule has 1 aromatic rings. The normalized spacial score (nSPS) is 12.3. The van der Waals surface area contributed by atoms with Crippen molar-refractivity contribution in [3.05, 3.63) is 28.8 Å². The molecule has 0 radical (unpaired) electrons. The molecule has 100 valence electrons. The molecule has 1 rings (SSSR count). The number of aryl methyl sites for hydroxylation is 2. The summed E-state index contributed by atoms with van der Waals surface area (Å²) in [6.07, 6.45) is 1.74. The van der Waals surface area contributed by atoms with E-state index in [0.29, 0.717) is 6.54 Å². The van der Waals surface area contributed by atoms with E-state index in [-0.39, 0.29) is 11.7 Å². The minimum atomic E-state index is 0.0278. The van der Waals surface area contributed by atoms with Gasteiger partial charge >= 0.3 is 0 Å². The van der Waals surface area contributed by atoms with Gasteiger partial charge in [-0.1, -0.05) is 6.92 Å². The predicted molar refractivity (Wildman–Crippen MR) is 74.3 cm³/mol. The first-order valence-electron chi connectivity index (χ1n) is 6.40. The van der Waals surface area contributed by atoms with Crippen LogP contribution in [-0.2, 0) is 0 Å². The fraction of sp³-hybridized carbons (Fsp3) is 0.533. The van der Waals surface area contributed by atoms with E-state index < -0.39 is 0 Å². The molecule has 3 nitrogen and oxygen atoms in total. The van der Waals surface area contributed by atoms with E-state index in [1.807, 2.05) is 32.9 Å². The Bertz CT molecular complexity index is 427. The first-order chi connectivity index (χ1) is 8.51. The van der Waals surface area contributed by atoms with E-state index in [0.717, 1.165) is 35.3 Å². The molecule has 18 heavy (non-hydrogen) atoms. The Labute approximate surface area is 109 Å².